The van der Waals surface area contributed by atoms with E-state index in [1.54, 1.807) is 6.92 Å². The summed E-state index contributed by atoms with van der Waals surface area (Å²) in [6, 6.07) is 0.0944. The van der Waals surface area contributed by atoms with Gasteiger partial charge in [-0.3, -0.25) is 0 Å². The van der Waals surface area contributed by atoms with Gasteiger partial charge in [-0.1, -0.05) is 51.9 Å². The highest BCUT2D eigenvalue weighted by molar-refractivity contribution is 4.78. The van der Waals surface area contributed by atoms with Crippen molar-refractivity contribution in [2.24, 2.45) is 0 Å². The molecule has 4 unspecified atom stereocenters. The number of hydrogen-bond donors (Lipinski definition) is 4. The molecule has 0 rings (SSSR count). The van der Waals surface area contributed by atoms with Crippen LogP contribution in [-0.4, -0.2) is 47.6 Å². The fraction of sp³-hybridized carbons (Fsp3) is 1.00. The van der Waals surface area contributed by atoms with Gasteiger partial charge in [0, 0.05) is 18.6 Å². The van der Waals surface area contributed by atoms with E-state index in [0.717, 1.165) is 6.54 Å². The van der Waals surface area contributed by atoms with E-state index in [0.29, 0.717) is 6.54 Å². The third-order valence-corrected chi connectivity index (χ3v) is 4.40. The fourth-order valence-electron chi connectivity index (χ4n) is 2.44. The van der Waals surface area contributed by atoms with Gasteiger partial charge in [0.25, 0.3) is 0 Å². The Morgan fingerprint density at radius 2 is 1.27 bits per heavy atom. The van der Waals surface area contributed by atoms with Crippen LogP contribution < -0.4 is 10.6 Å². The summed E-state index contributed by atoms with van der Waals surface area (Å²) in [7, 11) is 0. The summed E-state index contributed by atoms with van der Waals surface area (Å²) in [6.45, 7) is 9.45. The van der Waals surface area contributed by atoms with Crippen LogP contribution in [0.15, 0.2) is 0 Å². The highest BCUT2D eigenvalue weighted by Crippen LogP contribution is 2.08. The van der Waals surface area contributed by atoms with Crippen LogP contribution in [0.25, 0.3) is 0 Å². The first kappa shape index (κ1) is 21.8. The van der Waals surface area contributed by atoms with Gasteiger partial charge in [0.15, 0.2) is 0 Å². The normalized spacial score (nSPS) is 17.2. The van der Waals surface area contributed by atoms with Crippen molar-refractivity contribution in [1.29, 1.82) is 0 Å². The zero-order valence-corrected chi connectivity index (χ0v) is 15.3. The molecule has 0 aromatic heterocycles. The molecule has 0 spiro atoms. The second kappa shape index (κ2) is 14.4. The molecular formula is C18H40N2O2. The van der Waals surface area contributed by atoms with Crippen molar-refractivity contribution < 1.29 is 10.2 Å². The number of unbranched alkanes of at least 4 members (excludes halogenated alkanes) is 7. The van der Waals surface area contributed by atoms with Crippen LogP contribution in [0.2, 0.25) is 0 Å². The standard InChI is InChI=1S/C18H40N2O2/c1-5-6-7-8-9-10-11-12-13-19-18(17(4)22)14-20-15(2)16(3)21/h15-22H,5-14H2,1-4H3. The third kappa shape index (κ3) is 12.4. The van der Waals surface area contributed by atoms with E-state index in [2.05, 4.69) is 17.6 Å². The summed E-state index contributed by atoms with van der Waals surface area (Å²) in [5.41, 5.74) is 0. The van der Waals surface area contributed by atoms with E-state index in [1.165, 1.54) is 51.4 Å². The molecule has 134 valence electrons. The maximum atomic E-state index is 9.82. The molecule has 4 heteroatoms. The Morgan fingerprint density at radius 3 is 1.77 bits per heavy atom. The maximum absolute atomic E-state index is 9.82. The smallest absolute Gasteiger partial charge is 0.0677 e. The average Bonchev–Trinajstić information content (AvgIpc) is 2.47. The summed E-state index contributed by atoms with van der Waals surface area (Å²) in [5.74, 6) is 0. The van der Waals surface area contributed by atoms with Gasteiger partial charge >= 0.3 is 0 Å². The summed E-state index contributed by atoms with van der Waals surface area (Å²) < 4.78 is 0. The Kier molecular flexibility index (Phi) is 14.3. The second-order valence-electron chi connectivity index (χ2n) is 6.71. The van der Waals surface area contributed by atoms with E-state index in [-0.39, 0.29) is 24.3 Å². The van der Waals surface area contributed by atoms with E-state index in [9.17, 15) is 10.2 Å². The van der Waals surface area contributed by atoms with E-state index < -0.39 is 0 Å². The molecule has 0 amide bonds. The summed E-state index contributed by atoms with van der Waals surface area (Å²) >= 11 is 0. The van der Waals surface area contributed by atoms with Gasteiger partial charge in [-0.15, -0.1) is 0 Å². The van der Waals surface area contributed by atoms with Crippen LogP contribution in [0.1, 0.15) is 79.1 Å². The van der Waals surface area contributed by atoms with Crippen LogP contribution in [0.3, 0.4) is 0 Å². The van der Waals surface area contributed by atoms with Crippen LogP contribution in [-0.2, 0) is 0 Å². The lowest BCUT2D eigenvalue weighted by Crippen LogP contribution is -2.49. The van der Waals surface area contributed by atoms with E-state index >= 15 is 0 Å². The molecule has 0 aliphatic rings. The second-order valence-corrected chi connectivity index (χ2v) is 6.71. The van der Waals surface area contributed by atoms with Crippen molar-refractivity contribution in [2.45, 2.75) is 103 Å². The van der Waals surface area contributed by atoms with Gasteiger partial charge < -0.3 is 20.8 Å². The predicted octanol–water partition coefficient (Wildman–Crippen LogP) is 2.83. The van der Waals surface area contributed by atoms with Gasteiger partial charge in [0.2, 0.25) is 0 Å². The van der Waals surface area contributed by atoms with Gasteiger partial charge in [-0.05, 0) is 33.7 Å². The van der Waals surface area contributed by atoms with Crippen molar-refractivity contribution in [3.05, 3.63) is 0 Å². The van der Waals surface area contributed by atoms with E-state index in [4.69, 9.17) is 0 Å². The Morgan fingerprint density at radius 1 is 0.727 bits per heavy atom. The molecule has 0 saturated carbocycles. The van der Waals surface area contributed by atoms with Gasteiger partial charge in [0.1, 0.15) is 0 Å². The quantitative estimate of drug-likeness (QED) is 0.351. The largest absolute Gasteiger partial charge is 0.392 e. The first-order valence-corrected chi connectivity index (χ1v) is 9.31. The highest BCUT2D eigenvalue weighted by atomic mass is 16.3. The molecule has 0 saturated heterocycles. The van der Waals surface area contributed by atoms with E-state index in [1.807, 2.05) is 13.8 Å². The first-order chi connectivity index (χ1) is 10.5. The molecule has 0 aromatic rings. The van der Waals surface area contributed by atoms with Crippen molar-refractivity contribution in [3.8, 4) is 0 Å². The number of nitrogens with one attached hydrogen (secondary N) is 2. The maximum Gasteiger partial charge on any atom is 0.0677 e. The highest BCUT2D eigenvalue weighted by Gasteiger charge is 2.16. The Labute approximate surface area is 138 Å². The van der Waals surface area contributed by atoms with Crippen LogP contribution in [0, 0.1) is 0 Å². The lowest BCUT2D eigenvalue weighted by molar-refractivity contribution is 0.124. The molecule has 4 nitrogen and oxygen atoms in total. The molecule has 22 heavy (non-hydrogen) atoms. The Hall–Kier alpha value is -0.160. The third-order valence-electron chi connectivity index (χ3n) is 4.40. The Balaban J connectivity index is 3.61. The van der Waals surface area contributed by atoms with Crippen molar-refractivity contribution in [1.82, 2.24) is 10.6 Å². The van der Waals surface area contributed by atoms with Gasteiger partial charge in [-0.25, -0.2) is 0 Å². The lowest BCUT2D eigenvalue weighted by Gasteiger charge is -2.25. The number of rotatable bonds is 15. The van der Waals surface area contributed by atoms with Crippen molar-refractivity contribution in [2.75, 3.05) is 13.1 Å². The zero-order valence-electron chi connectivity index (χ0n) is 15.3. The number of aliphatic hydroxyl groups is 2. The summed E-state index contributed by atoms with van der Waals surface area (Å²) in [4.78, 5) is 0. The molecule has 0 aliphatic carbocycles. The van der Waals surface area contributed by atoms with Crippen molar-refractivity contribution in [3.63, 3.8) is 0 Å². The van der Waals surface area contributed by atoms with Gasteiger partial charge in [0.05, 0.1) is 12.2 Å². The Bertz CT molecular complexity index is 235. The molecule has 0 radical (unpaired) electrons. The van der Waals surface area contributed by atoms with Crippen LogP contribution >= 0.6 is 0 Å². The molecule has 0 aromatic carbocycles. The summed E-state index contributed by atoms with van der Waals surface area (Å²) in [6.07, 6.45) is 9.79. The SMILES string of the molecule is CCCCCCCCCCNC(CNC(C)C(C)O)C(C)O. The molecular weight excluding hydrogens is 276 g/mol. The van der Waals surface area contributed by atoms with Crippen molar-refractivity contribution >= 4 is 0 Å². The topological polar surface area (TPSA) is 64.5 Å². The van der Waals surface area contributed by atoms with Crippen LogP contribution in [0.4, 0.5) is 0 Å². The zero-order chi connectivity index (χ0) is 16.8. The molecule has 4 atom stereocenters. The minimum atomic E-state index is -0.386. The minimum Gasteiger partial charge on any atom is -0.392 e. The average molecular weight is 317 g/mol. The fourth-order valence-corrected chi connectivity index (χ4v) is 2.44. The molecule has 4 N–H and O–H groups in total. The molecule has 0 bridgehead atoms. The van der Waals surface area contributed by atoms with Crippen LogP contribution in [0.5, 0.6) is 0 Å². The number of aliphatic hydroxyl groups excluding tert-OH is 2. The first-order valence-electron chi connectivity index (χ1n) is 9.31. The monoisotopic (exact) mass is 316 g/mol. The van der Waals surface area contributed by atoms with Gasteiger partial charge in [-0.2, -0.15) is 0 Å². The summed E-state index contributed by atoms with van der Waals surface area (Å²) in [5, 5.41) is 26.0. The molecule has 0 heterocycles. The predicted molar refractivity (Wildman–Crippen MR) is 95.2 cm³/mol. The molecule has 0 aliphatic heterocycles. The minimum absolute atomic E-state index is 0.0470. The number of hydrogen-bond acceptors (Lipinski definition) is 4. The lowest BCUT2D eigenvalue weighted by atomic mass is 10.1. The molecule has 0 fully saturated rings.